The van der Waals surface area contributed by atoms with Gasteiger partial charge in [-0.1, -0.05) is 18.2 Å². The van der Waals surface area contributed by atoms with Gasteiger partial charge in [-0.05, 0) is 30.5 Å². The van der Waals surface area contributed by atoms with Crippen LogP contribution in [0.1, 0.15) is 25.3 Å². The number of carbonyl (C=O) groups is 2. The Morgan fingerprint density at radius 2 is 2.15 bits per heavy atom. The average molecular weight is 401 g/mol. The summed E-state index contributed by atoms with van der Waals surface area (Å²) in [6.07, 6.45) is -0.733. The number of anilines is 1. The van der Waals surface area contributed by atoms with Gasteiger partial charge >= 0.3 is 5.97 Å². The van der Waals surface area contributed by atoms with E-state index in [1.54, 1.807) is 6.92 Å². The summed E-state index contributed by atoms with van der Waals surface area (Å²) in [4.78, 5) is 26.3. The predicted molar refractivity (Wildman–Crippen MR) is 101 cm³/mol. The highest BCUT2D eigenvalue weighted by atomic mass is 32.2. The van der Waals surface area contributed by atoms with E-state index >= 15 is 0 Å². The van der Waals surface area contributed by atoms with Gasteiger partial charge in [0, 0.05) is 4.90 Å². The van der Waals surface area contributed by atoms with Crippen LogP contribution in [-0.4, -0.2) is 27.3 Å². The number of hydrogen-bond donors (Lipinski definition) is 1. The number of nitrogens with one attached hydrogen (secondary N) is 1. The van der Waals surface area contributed by atoms with E-state index in [-0.39, 0.29) is 18.2 Å². The smallest absolute Gasteiger partial charge is 0.308 e. The Morgan fingerprint density at radius 1 is 1.30 bits per heavy atom. The van der Waals surface area contributed by atoms with Crippen LogP contribution >= 0.6 is 23.1 Å². The van der Waals surface area contributed by atoms with Crippen molar-refractivity contribution in [2.24, 2.45) is 0 Å². The lowest BCUT2D eigenvalue weighted by molar-refractivity contribution is -0.150. The Morgan fingerprint density at radius 3 is 2.96 bits per heavy atom. The standard InChI is InChI=1S/C18H15N3O4S2/c1-10(17-20-21-18(25-17)13-7-4-8-26-13)24-15(22)9-14-16(23)19-11-5-2-3-6-12(11)27-14/h2-8,10,14H,9H2,1H3,(H,19,23)/t10-,14+/m0/s1. The van der Waals surface area contributed by atoms with Gasteiger partial charge in [-0.2, -0.15) is 0 Å². The summed E-state index contributed by atoms with van der Waals surface area (Å²) in [7, 11) is 0. The molecule has 27 heavy (non-hydrogen) atoms. The molecule has 0 radical (unpaired) electrons. The molecular formula is C18H15N3O4S2. The van der Waals surface area contributed by atoms with Crippen LogP contribution in [0.4, 0.5) is 5.69 Å². The summed E-state index contributed by atoms with van der Waals surface area (Å²) in [5.74, 6) is -0.0916. The van der Waals surface area contributed by atoms with Gasteiger partial charge in [0.15, 0.2) is 6.10 Å². The molecule has 9 heteroatoms. The van der Waals surface area contributed by atoms with E-state index in [4.69, 9.17) is 9.15 Å². The van der Waals surface area contributed by atoms with Gasteiger partial charge in [0.25, 0.3) is 11.8 Å². The third-order valence-electron chi connectivity index (χ3n) is 3.89. The first-order valence-corrected chi connectivity index (χ1v) is 9.99. The molecule has 138 valence electrons. The molecule has 0 spiro atoms. The van der Waals surface area contributed by atoms with Crippen LogP contribution in [0, 0.1) is 0 Å². The number of thiophene rings is 1. The summed E-state index contributed by atoms with van der Waals surface area (Å²) in [5, 5.41) is 12.1. The van der Waals surface area contributed by atoms with Crippen molar-refractivity contribution in [1.82, 2.24) is 10.2 Å². The molecule has 0 saturated carbocycles. The van der Waals surface area contributed by atoms with Gasteiger partial charge in [-0.25, -0.2) is 0 Å². The van der Waals surface area contributed by atoms with Gasteiger partial charge in [0.2, 0.25) is 5.91 Å². The third kappa shape index (κ3) is 3.88. The van der Waals surface area contributed by atoms with Crippen LogP contribution in [0.15, 0.2) is 51.1 Å². The number of rotatable bonds is 5. The lowest BCUT2D eigenvalue weighted by Crippen LogP contribution is -2.31. The first-order chi connectivity index (χ1) is 13.1. The van der Waals surface area contributed by atoms with Crippen molar-refractivity contribution in [3.8, 4) is 10.8 Å². The van der Waals surface area contributed by atoms with Crippen LogP contribution in [-0.2, 0) is 14.3 Å². The van der Waals surface area contributed by atoms with Gasteiger partial charge in [-0.15, -0.1) is 33.3 Å². The van der Waals surface area contributed by atoms with Crippen molar-refractivity contribution >= 4 is 40.7 Å². The summed E-state index contributed by atoms with van der Waals surface area (Å²) < 4.78 is 11.0. The Bertz CT molecular complexity index is 971. The first kappa shape index (κ1) is 17.7. The largest absolute Gasteiger partial charge is 0.453 e. The van der Waals surface area contributed by atoms with Crippen molar-refractivity contribution in [1.29, 1.82) is 0 Å². The average Bonchev–Trinajstić information content (AvgIpc) is 3.34. The number of carbonyl (C=O) groups excluding carboxylic acids is 2. The molecular weight excluding hydrogens is 386 g/mol. The molecule has 7 nitrogen and oxygen atoms in total. The minimum atomic E-state index is -0.692. The third-order valence-corrected chi connectivity index (χ3v) is 6.02. The highest BCUT2D eigenvalue weighted by molar-refractivity contribution is 8.01. The van der Waals surface area contributed by atoms with Crippen molar-refractivity contribution in [3.63, 3.8) is 0 Å². The minimum Gasteiger partial charge on any atom is -0.453 e. The van der Waals surface area contributed by atoms with Gasteiger partial charge in [0.1, 0.15) is 0 Å². The van der Waals surface area contributed by atoms with Crippen LogP contribution < -0.4 is 5.32 Å². The number of benzene rings is 1. The second-order valence-corrected chi connectivity index (χ2v) is 8.04. The van der Waals surface area contributed by atoms with Crippen molar-refractivity contribution in [3.05, 3.63) is 47.7 Å². The summed E-state index contributed by atoms with van der Waals surface area (Å²) >= 11 is 2.84. The van der Waals surface area contributed by atoms with Crippen molar-refractivity contribution < 1.29 is 18.7 Å². The lowest BCUT2D eigenvalue weighted by Gasteiger charge is -2.23. The van der Waals surface area contributed by atoms with E-state index in [9.17, 15) is 9.59 Å². The quantitative estimate of drug-likeness (QED) is 0.648. The molecule has 1 aromatic carbocycles. The number of ether oxygens (including phenoxy) is 1. The number of aromatic nitrogens is 2. The fourth-order valence-electron chi connectivity index (χ4n) is 2.57. The zero-order valence-corrected chi connectivity index (χ0v) is 15.9. The van der Waals surface area contributed by atoms with Gasteiger partial charge in [-0.3, -0.25) is 9.59 Å². The molecule has 0 saturated heterocycles. The fraction of sp³-hybridized carbons (Fsp3) is 0.222. The molecule has 3 heterocycles. The fourth-order valence-corrected chi connectivity index (χ4v) is 4.31. The van der Waals surface area contributed by atoms with Crippen molar-refractivity contribution in [2.45, 2.75) is 29.6 Å². The second kappa shape index (κ2) is 7.53. The Balaban J connectivity index is 1.37. The van der Waals surface area contributed by atoms with E-state index in [2.05, 4.69) is 15.5 Å². The number of nitrogens with zero attached hydrogens (tertiary/aromatic N) is 2. The number of esters is 1. The first-order valence-electron chi connectivity index (χ1n) is 8.23. The molecule has 1 aliphatic heterocycles. The molecule has 3 aromatic rings. The molecule has 0 unspecified atom stereocenters. The molecule has 4 rings (SSSR count). The highest BCUT2D eigenvalue weighted by Gasteiger charge is 2.30. The molecule has 0 fully saturated rings. The molecule has 1 amide bonds. The van der Waals surface area contributed by atoms with Crippen LogP contribution in [0.25, 0.3) is 10.8 Å². The van der Waals surface area contributed by atoms with E-state index in [1.807, 2.05) is 41.8 Å². The number of hydrogen-bond acceptors (Lipinski definition) is 8. The molecule has 0 bridgehead atoms. The van der Waals surface area contributed by atoms with Gasteiger partial charge in [0.05, 0.1) is 22.2 Å². The molecule has 0 aliphatic carbocycles. The zero-order valence-electron chi connectivity index (χ0n) is 14.2. The zero-order chi connectivity index (χ0) is 18.8. The second-order valence-electron chi connectivity index (χ2n) is 5.85. The lowest BCUT2D eigenvalue weighted by atomic mass is 10.2. The SMILES string of the molecule is C[C@H](OC(=O)C[C@H]1Sc2ccccc2NC1=O)c1nnc(-c2cccs2)o1. The number of para-hydroxylation sites is 1. The van der Waals surface area contributed by atoms with E-state index in [1.165, 1.54) is 23.1 Å². The normalized spacial score (nSPS) is 17.1. The van der Waals surface area contributed by atoms with Gasteiger partial charge < -0.3 is 14.5 Å². The van der Waals surface area contributed by atoms with E-state index < -0.39 is 17.3 Å². The van der Waals surface area contributed by atoms with Crippen LogP contribution in [0.2, 0.25) is 0 Å². The maximum atomic E-state index is 12.3. The highest BCUT2D eigenvalue weighted by Crippen LogP contribution is 2.37. The van der Waals surface area contributed by atoms with Crippen LogP contribution in [0.5, 0.6) is 0 Å². The summed E-state index contributed by atoms with van der Waals surface area (Å²) in [6, 6.07) is 11.2. The Kier molecular flexibility index (Phi) is 4.95. The van der Waals surface area contributed by atoms with E-state index in [0.717, 1.165) is 15.5 Å². The summed E-state index contributed by atoms with van der Waals surface area (Å²) in [5.41, 5.74) is 0.762. The maximum absolute atomic E-state index is 12.3. The monoisotopic (exact) mass is 401 g/mol. The maximum Gasteiger partial charge on any atom is 0.308 e. The summed E-state index contributed by atoms with van der Waals surface area (Å²) in [6.45, 7) is 1.66. The number of amides is 1. The predicted octanol–water partition coefficient (Wildman–Crippen LogP) is 3.91. The minimum absolute atomic E-state index is 0.0406. The Labute approximate surface area is 163 Å². The van der Waals surface area contributed by atoms with Crippen molar-refractivity contribution in [2.75, 3.05) is 5.32 Å². The van der Waals surface area contributed by atoms with E-state index in [0.29, 0.717) is 5.89 Å². The topological polar surface area (TPSA) is 94.3 Å². The van der Waals surface area contributed by atoms with Crippen LogP contribution in [0.3, 0.4) is 0 Å². The molecule has 1 aliphatic rings. The molecule has 2 atom stereocenters. The molecule has 2 aromatic heterocycles. The Hall–Kier alpha value is -2.65. The molecule has 1 N–H and O–H groups in total. The number of fused-ring (bicyclic) bond motifs is 1. The number of thioether (sulfide) groups is 1.